The number of nitrogens with zero attached hydrogens (tertiary/aromatic N) is 2. The van der Waals surface area contributed by atoms with Gasteiger partial charge in [0, 0.05) is 49.8 Å². The topological polar surface area (TPSA) is 88.3 Å². The van der Waals surface area contributed by atoms with Crippen LogP contribution in [0.15, 0.2) is 36.7 Å². The number of pyridine rings is 1. The van der Waals surface area contributed by atoms with Crippen LogP contribution in [0.2, 0.25) is 0 Å². The zero-order valence-corrected chi connectivity index (χ0v) is 18.0. The van der Waals surface area contributed by atoms with Gasteiger partial charge in [0.1, 0.15) is 5.82 Å². The Hall–Kier alpha value is -2.30. The van der Waals surface area contributed by atoms with E-state index >= 15 is 0 Å². The van der Waals surface area contributed by atoms with Gasteiger partial charge in [0.25, 0.3) is 5.91 Å². The molecule has 1 saturated heterocycles. The molecule has 11 heteroatoms. The van der Waals surface area contributed by atoms with Crippen LogP contribution in [0, 0.1) is 17.5 Å². The van der Waals surface area contributed by atoms with Crippen molar-refractivity contribution in [1.82, 2.24) is 15.2 Å². The summed E-state index contributed by atoms with van der Waals surface area (Å²) in [5.41, 5.74) is 6.73. The Labute approximate surface area is 188 Å². The third kappa shape index (κ3) is 6.59. The van der Waals surface area contributed by atoms with E-state index in [0.717, 1.165) is 11.6 Å². The summed E-state index contributed by atoms with van der Waals surface area (Å²) in [6.07, 6.45) is 2.97. The molecule has 1 aromatic carbocycles. The number of hydrogen-bond acceptors (Lipinski definition) is 5. The van der Waals surface area contributed by atoms with Gasteiger partial charge < -0.3 is 16.0 Å². The van der Waals surface area contributed by atoms with Gasteiger partial charge in [0.2, 0.25) is 5.91 Å². The minimum atomic E-state index is -1.28. The maximum absolute atomic E-state index is 13.8. The van der Waals surface area contributed by atoms with Crippen molar-refractivity contribution >= 4 is 36.0 Å². The van der Waals surface area contributed by atoms with E-state index in [4.69, 9.17) is 5.73 Å². The lowest BCUT2D eigenvalue weighted by Crippen LogP contribution is -2.46. The first-order chi connectivity index (χ1) is 14.3. The molecule has 0 radical (unpaired) electrons. The molecule has 2 atom stereocenters. The molecule has 1 aromatic heterocycles. The van der Waals surface area contributed by atoms with Crippen molar-refractivity contribution in [2.75, 3.05) is 12.3 Å². The third-order valence-electron chi connectivity index (χ3n) is 4.66. The number of carbonyl (C=O) groups excluding carboxylic acids is 2. The maximum Gasteiger partial charge on any atom is 0.253 e. The molecule has 1 aliphatic rings. The Morgan fingerprint density at radius 1 is 1.19 bits per heavy atom. The number of thioether (sulfide) groups is 1. The van der Waals surface area contributed by atoms with Crippen molar-refractivity contribution in [3.8, 4) is 0 Å². The van der Waals surface area contributed by atoms with Gasteiger partial charge in [-0.1, -0.05) is 0 Å². The second kappa shape index (κ2) is 11.4. The molecule has 0 bridgehead atoms. The van der Waals surface area contributed by atoms with E-state index in [1.54, 1.807) is 24.5 Å². The summed E-state index contributed by atoms with van der Waals surface area (Å²) in [5.74, 6) is -3.40. The Morgan fingerprint density at radius 2 is 1.87 bits per heavy atom. The van der Waals surface area contributed by atoms with Crippen LogP contribution < -0.4 is 11.1 Å². The van der Waals surface area contributed by atoms with Crippen LogP contribution in [0.5, 0.6) is 0 Å². The van der Waals surface area contributed by atoms with Crippen molar-refractivity contribution in [3.05, 3.63) is 65.2 Å². The lowest BCUT2D eigenvalue weighted by molar-refractivity contribution is -0.136. The van der Waals surface area contributed by atoms with E-state index in [0.29, 0.717) is 24.9 Å². The molecule has 0 aliphatic carbocycles. The van der Waals surface area contributed by atoms with Gasteiger partial charge in [-0.05, 0) is 35.7 Å². The number of aromatic nitrogens is 1. The van der Waals surface area contributed by atoms with E-state index in [2.05, 4.69) is 10.3 Å². The maximum atomic E-state index is 13.8. The monoisotopic (exact) mass is 474 g/mol. The number of rotatable bonds is 7. The number of nitrogens with two attached hydrogens (primary N) is 1. The highest BCUT2D eigenvalue weighted by Crippen LogP contribution is 2.25. The molecule has 3 N–H and O–H groups in total. The van der Waals surface area contributed by atoms with Crippen LogP contribution in [0.25, 0.3) is 0 Å². The molecule has 0 saturated carbocycles. The molecular weight excluding hydrogens is 453 g/mol. The Bertz CT molecular complexity index is 923. The Morgan fingerprint density at radius 3 is 2.58 bits per heavy atom. The van der Waals surface area contributed by atoms with Crippen LogP contribution >= 0.6 is 24.2 Å². The predicted molar refractivity (Wildman–Crippen MR) is 114 cm³/mol. The molecule has 1 fully saturated rings. The van der Waals surface area contributed by atoms with Crippen LogP contribution in [0.1, 0.15) is 17.5 Å². The average molecular weight is 475 g/mol. The van der Waals surface area contributed by atoms with E-state index in [1.165, 1.54) is 16.7 Å². The molecule has 1 unspecified atom stereocenters. The number of nitrogens with one attached hydrogen (secondary N) is 1. The van der Waals surface area contributed by atoms with E-state index < -0.39 is 28.9 Å². The van der Waals surface area contributed by atoms with Gasteiger partial charge in [-0.2, -0.15) is 0 Å². The van der Waals surface area contributed by atoms with Crippen molar-refractivity contribution in [2.24, 2.45) is 5.73 Å². The number of amides is 2. The van der Waals surface area contributed by atoms with Crippen LogP contribution in [0.3, 0.4) is 0 Å². The van der Waals surface area contributed by atoms with Gasteiger partial charge in [0.05, 0.1) is 0 Å². The smallest absolute Gasteiger partial charge is 0.253 e. The van der Waals surface area contributed by atoms with Gasteiger partial charge in [-0.15, -0.1) is 24.2 Å². The second-order valence-corrected chi connectivity index (χ2v) is 8.10. The number of carbonyl (C=O) groups is 2. The highest BCUT2D eigenvalue weighted by molar-refractivity contribution is 8.00. The van der Waals surface area contributed by atoms with Crippen molar-refractivity contribution in [2.45, 2.75) is 30.8 Å². The molecule has 0 spiro atoms. The summed E-state index contributed by atoms with van der Waals surface area (Å²) < 4.78 is 40.2. The first kappa shape index (κ1) is 25.0. The predicted octanol–water partition coefficient (Wildman–Crippen LogP) is 2.40. The van der Waals surface area contributed by atoms with Crippen molar-refractivity contribution in [1.29, 1.82) is 0 Å². The minimum Gasteiger partial charge on any atom is -0.349 e. The standard InChI is InChI=1S/C20H21F3N4O2S.ClH/c21-15-10-17(23)16(22)8-13(15)7-14(24)9-18(28)27-5-6-30-20(27)19(29)26-11-12-1-3-25-4-2-12;/h1-4,8,10,14,20H,5-7,9,11,24H2,(H,26,29);1H/t14-,20?;/m1./s1. The highest BCUT2D eigenvalue weighted by atomic mass is 35.5. The normalized spacial score (nSPS) is 16.5. The fourth-order valence-corrected chi connectivity index (χ4v) is 4.30. The first-order valence-corrected chi connectivity index (χ1v) is 10.4. The quantitative estimate of drug-likeness (QED) is 0.602. The zero-order valence-electron chi connectivity index (χ0n) is 16.4. The van der Waals surface area contributed by atoms with Gasteiger partial charge in [-0.3, -0.25) is 14.6 Å². The Balaban J connectivity index is 0.00000341. The number of benzene rings is 1. The van der Waals surface area contributed by atoms with Crippen LogP contribution in [-0.4, -0.2) is 45.4 Å². The summed E-state index contributed by atoms with van der Waals surface area (Å²) >= 11 is 1.35. The molecule has 168 valence electrons. The molecular formula is C20H22ClF3N4O2S. The molecule has 31 heavy (non-hydrogen) atoms. The van der Waals surface area contributed by atoms with E-state index in [1.807, 2.05) is 0 Å². The molecule has 3 rings (SSSR count). The molecule has 6 nitrogen and oxygen atoms in total. The van der Waals surface area contributed by atoms with Crippen molar-refractivity contribution in [3.63, 3.8) is 0 Å². The minimum absolute atomic E-state index is 0. The lowest BCUT2D eigenvalue weighted by Gasteiger charge is -2.24. The fraction of sp³-hybridized carbons (Fsp3) is 0.350. The van der Waals surface area contributed by atoms with Crippen LogP contribution in [-0.2, 0) is 22.6 Å². The first-order valence-electron chi connectivity index (χ1n) is 9.32. The average Bonchev–Trinajstić information content (AvgIpc) is 3.21. The second-order valence-electron chi connectivity index (χ2n) is 6.91. The SMILES string of the molecule is Cl.N[C@@H](CC(=O)N1CCSC1C(=O)NCc1ccncc1)Cc1cc(F)c(F)cc1F. The van der Waals surface area contributed by atoms with Crippen LogP contribution in [0.4, 0.5) is 13.2 Å². The number of hydrogen-bond donors (Lipinski definition) is 2. The lowest BCUT2D eigenvalue weighted by atomic mass is 10.0. The summed E-state index contributed by atoms with van der Waals surface area (Å²) in [4.78, 5) is 30.5. The molecule has 1 aliphatic heterocycles. The Kier molecular flexibility index (Phi) is 9.15. The van der Waals surface area contributed by atoms with E-state index in [9.17, 15) is 22.8 Å². The largest absolute Gasteiger partial charge is 0.349 e. The summed E-state index contributed by atoms with van der Waals surface area (Å²) in [6.45, 7) is 0.707. The summed E-state index contributed by atoms with van der Waals surface area (Å²) in [5, 5.41) is 2.12. The highest BCUT2D eigenvalue weighted by Gasteiger charge is 2.35. The summed E-state index contributed by atoms with van der Waals surface area (Å²) in [6, 6.07) is 3.96. The third-order valence-corrected chi connectivity index (χ3v) is 5.86. The summed E-state index contributed by atoms with van der Waals surface area (Å²) in [7, 11) is 0. The molecule has 2 amide bonds. The van der Waals surface area contributed by atoms with Gasteiger partial charge in [0.15, 0.2) is 17.0 Å². The fourth-order valence-electron chi connectivity index (χ4n) is 3.14. The van der Waals surface area contributed by atoms with Gasteiger partial charge in [-0.25, -0.2) is 13.2 Å². The molecule has 2 aromatic rings. The van der Waals surface area contributed by atoms with Crippen molar-refractivity contribution < 1.29 is 22.8 Å². The van der Waals surface area contributed by atoms with E-state index in [-0.39, 0.29) is 42.6 Å². The molecule has 2 heterocycles. The number of halogens is 4. The van der Waals surface area contributed by atoms with Gasteiger partial charge >= 0.3 is 0 Å². The zero-order chi connectivity index (χ0) is 21.7.